The molecule has 1 aliphatic rings. The molecule has 0 unspecified atom stereocenters. The number of aryl methyl sites for hydroxylation is 1. The summed E-state index contributed by atoms with van der Waals surface area (Å²) in [5.74, 6) is 0.681. The number of fused-ring (bicyclic) bond motifs is 1. The van der Waals surface area contributed by atoms with Crippen LogP contribution in [0.1, 0.15) is 27.0 Å². The van der Waals surface area contributed by atoms with E-state index >= 15 is 0 Å². The zero-order valence-corrected chi connectivity index (χ0v) is 20.8. The Labute approximate surface area is 217 Å². The number of benzene rings is 2. The van der Waals surface area contributed by atoms with Gasteiger partial charge in [-0.15, -0.1) is 0 Å². The molecule has 188 valence electrons. The van der Waals surface area contributed by atoms with E-state index in [-0.39, 0.29) is 25.4 Å². The Morgan fingerprint density at radius 2 is 1.92 bits per heavy atom. The number of amides is 2. The van der Waals surface area contributed by atoms with Crippen LogP contribution in [0.25, 0.3) is 10.9 Å². The minimum absolute atomic E-state index is 0. The van der Waals surface area contributed by atoms with Crippen LogP contribution in [0, 0.1) is 24.3 Å². The zero-order valence-electron chi connectivity index (χ0n) is 20.0. The first kappa shape index (κ1) is 26.8. The SMILES string of the molecule is C.Cc1ccc2c(N=C(NC#N)N3CCN(C(=O)Nc4ccc(Cl)cc4)C[C@@H]3C(C)C)cccc2n1. The molecule has 8 nitrogen and oxygen atoms in total. The molecule has 1 saturated heterocycles. The fourth-order valence-corrected chi connectivity index (χ4v) is 4.36. The lowest BCUT2D eigenvalue weighted by Gasteiger charge is -2.44. The number of guanidine groups is 1. The average molecular weight is 506 g/mol. The molecular formula is C27H32ClN7O. The molecule has 1 atom stereocenters. The summed E-state index contributed by atoms with van der Waals surface area (Å²) in [5.41, 5.74) is 3.21. The van der Waals surface area contributed by atoms with Crippen LogP contribution in [0.15, 0.2) is 59.6 Å². The second-order valence-electron chi connectivity index (χ2n) is 8.86. The van der Waals surface area contributed by atoms with Crippen LogP contribution in [-0.2, 0) is 0 Å². The summed E-state index contributed by atoms with van der Waals surface area (Å²) >= 11 is 5.95. The number of aliphatic imine (C=N–C) groups is 1. The fourth-order valence-electron chi connectivity index (χ4n) is 4.23. The maximum Gasteiger partial charge on any atom is 0.321 e. The molecular weight excluding hydrogens is 474 g/mol. The highest BCUT2D eigenvalue weighted by Gasteiger charge is 2.33. The third-order valence-corrected chi connectivity index (χ3v) is 6.34. The molecule has 0 saturated carbocycles. The fraction of sp³-hybridized carbons (Fsp3) is 0.333. The second-order valence-corrected chi connectivity index (χ2v) is 9.29. The van der Waals surface area contributed by atoms with Crippen molar-refractivity contribution in [2.24, 2.45) is 10.9 Å². The number of pyridine rings is 1. The number of anilines is 1. The molecule has 0 radical (unpaired) electrons. The number of carbonyl (C=O) groups is 1. The van der Waals surface area contributed by atoms with Gasteiger partial charge >= 0.3 is 6.03 Å². The minimum atomic E-state index is -0.167. The van der Waals surface area contributed by atoms with E-state index < -0.39 is 0 Å². The van der Waals surface area contributed by atoms with Gasteiger partial charge in [0, 0.05) is 41.4 Å². The molecule has 0 spiro atoms. The molecule has 4 rings (SSSR count). The number of carbonyl (C=O) groups excluding carboxylic acids is 1. The van der Waals surface area contributed by atoms with Crippen LogP contribution < -0.4 is 10.6 Å². The number of nitriles is 1. The molecule has 1 fully saturated rings. The maximum atomic E-state index is 12.9. The first-order valence-corrected chi connectivity index (χ1v) is 11.9. The average Bonchev–Trinajstić information content (AvgIpc) is 2.84. The summed E-state index contributed by atoms with van der Waals surface area (Å²) in [7, 11) is 0. The van der Waals surface area contributed by atoms with Crippen molar-refractivity contribution < 1.29 is 4.79 Å². The number of nitrogens with one attached hydrogen (secondary N) is 2. The van der Waals surface area contributed by atoms with Gasteiger partial charge in [0.05, 0.1) is 17.2 Å². The largest absolute Gasteiger partial charge is 0.335 e. The molecule has 2 amide bonds. The first-order chi connectivity index (χ1) is 16.9. The molecule has 2 aromatic carbocycles. The van der Waals surface area contributed by atoms with Gasteiger partial charge in [0.2, 0.25) is 5.96 Å². The Hall–Kier alpha value is -3.83. The Morgan fingerprint density at radius 1 is 1.17 bits per heavy atom. The standard InChI is InChI=1S/C26H28ClN7O.CH4/c1-17(2)24-15-33(26(35)31-20-10-8-19(27)9-11-20)13-14-34(24)25(29-16-28)32-23-6-4-5-22-21(23)12-7-18(3)30-22;/h4-12,17,24H,13-15H2,1-3H3,(H,29,32)(H,31,35);1H4/t24-;/m1./s1. The number of rotatable bonds is 3. The van der Waals surface area contributed by atoms with Gasteiger partial charge in [-0.05, 0) is 61.4 Å². The van der Waals surface area contributed by atoms with Crippen molar-refractivity contribution in [2.75, 3.05) is 25.0 Å². The smallest absolute Gasteiger partial charge is 0.321 e. The van der Waals surface area contributed by atoms with Crippen LogP contribution in [0.2, 0.25) is 5.02 Å². The summed E-state index contributed by atoms with van der Waals surface area (Å²) in [5, 5.41) is 16.7. The van der Waals surface area contributed by atoms with Crippen molar-refractivity contribution >= 4 is 45.9 Å². The number of nitrogens with zero attached hydrogens (tertiary/aromatic N) is 5. The van der Waals surface area contributed by atoms with Gasteiger partial charge in [-0.2, -0.15) is 5.26 Å². The summed E-state index contributed by atoms with van der Waals surface area (Å²) in [6, 6.07) is 16.6. The van der Waals surface area contributed by atoms with E-state index in [0.717, 1.165) is 22.3 Å². The Balaban J connectivity index is 0.00000361. The van der Waals surface area contributed by atoms with Crippen LogP contribution in [0.3, 0.4) is 0 Å². The number of urea groups is 1. The van der Waals surface area contributed by atoms with E-state index in [1.807, 2.05) is 43.4 Å². The van der Waals surface area contributed by atoms with E-state index in [4.69, 9.17) is 16.6 Å². The maximum absolute atomic E-state index is 12.9. The lowest BCUT2D eigenvalue weighted by molar-refractivity contribution is 0.118. The second kappa shape index (κ2) is 11.7. The van der Waals surface area contributed by atoms with Gasteiger partial charge in [-0.25, -0.2) is 9.79 Å². The normalized spacial score (nSPS) is 15.9. The van der Waals surface area contributed by atoms with Crippen molar-refractivity contribution in [3.05, 3.63) is 65.3 Å². The van der Waals surface area contributed by atoms with Crippen molar-refractivity contribution in [3.8, 4) is 6.19 Å². The Morgan fingerprint density at radius 3 is 2.61 bits per heavy atom. The number of piperazine rings is 1. The van der Waals surface area contributed by atoms with Gasteiger partial charge in [0.25, 0.3) is 0 Å². The highest BCUT2D eigenvalue weighted by Crippen LogP contribution is 2.27. The number of halogens is 1. The molecule has 0 aliphatic carbocycles. The molecule has 3 aromatic rings. The monoisotopic (exact) mass is 505 g/mol. The molecule has 0 bridgehead atoms. The van der Waals surface area contributed by atoms with Crippen LogP contribution in [0.4, 0.5) is 16.2 Å². The lowest BCUT2D eigenvalue weighted by atomic mass is 10.00. The predicted molar refractivity (Wildman–Crippen MR) is 146 cm³/mol. The summed E-state index contributed by atoms with van der Waals surface area (Å²) < 4.78 is 0. The quantitative estimate of drug-likeness (QED) is 0.204. The van der Waals surface area contributed by atoms with Crippen LogP contribution in [-0.4, -0.2) is 52.5 Å². The van der Waals surface area contributed by atoms with Crippen molar-refractivity contribution in [3.63, 3.8) is 0 Å². The van der Waals surface area contributed by atoms with Gasteiger partial charge in [-0.3, -0.25) is 10.3 Å². The summed E-state index contributed by atoms with van der Waals surface area (Å²) in [6.07, 6.45) is 2.03. The summed E-state index contributed by atoms with van der Waals surface area (Å²) in [4.78, 5) is 26.3. The molecule has 36 heavy (non-hydrogen) atoms. The highest BCUT2D eigenvalue weighted by atomic mass is 35.5. The van der Waals surface area contributed by atoms with Gasteiger partial charge < -0.3 is 15.1 Å². The zero-order chi connectivity index (χ0) is 24.9. The van der Waals surface area contributed by atoms with Gasteiger partial charge in [-0.1, -0.05) is 38.9 Å². The lowest BCUT2D eigenvalue weighted by Crippen LogP contribution is -2.60. The van der Waals surface area contributed by atoms with Crippen molar-refractivity contribution in [1.82, 2.24) is 20.1 Å². The topological polar surface area (TPSA) is 96.7 Å². The Bertz CT molecular complexity index is 1280. The van der Waals surface area contributed by atoms with E-state index in [9.17, 15) is 10.1 Å². The van der Waals surface area contributed by atoms with Gasteiger partial charge in [0.15, 0.2) is 6.19 Å². The van der Waals surface area contributed by atoms with E-state index in [0.29, 0.717) is 36.3 Å². The molecule has 2 heterocycles. The van der Waals surface area contributed by atoms with Crippen molar-refractivity contribution in [1.29, 1.82) is 5.26 Å². The molecule has 2 N–H and O–H groups in total. The molecule has 1 aliphatic heterocycles. The predicted octanol–water partition coefficient (Wildman–Crippen LogP) is 5.77. The number of hydrogen-bond acceptors (Lipinski definition) is 4. The number of aromatic nitrogens is 1. The van der Waals surface area contributed by atoms with Gasteiger partial charge in [0.1, 0.15) is 0 Å². The van der Waals surface area contributed by atoms with E-state index in [2.05, 4.69) is 34.4 Å². The van der Waals surface area contributed by atoms with E-state index in [1.165, 1.54) is 0 Å². The molecule has 9 heteroatoms. The third-order valence-electron chi connectivity index (χ3n) is 6.09. The van der Waals surface area contributed by atoms with Crippen molar-refractivity contribution in [2.45, 2.75) is 34.2 Å². The number of hydrogen-bond donors (Lipinski definition) is 2. The Kier molecular flexibility index (Phi) is 8.73. The summed E-state index contributed by atoms with van der Waals surface area (Å²) in [6.45, 7) is 7.69. The van der Waals surface area contributed by atoms with E-state index in [1.54, 1.807) is 29.2 Å². The highest BCUT2D eigenvalue weighted by molar-refractivity contribution is 6.30. The minimum Gasteiger partial charge on any atom is -0.335 e. The van der Waals surface area contributed by atoms with Crippen LogP contribution in [0.5, 0.6) is 0 Å². The third kappa shape index (κ3) is 6.04. The first-order valence-electron chi connectivity index (χ1n) is 11.5. The van der Waals surface area contributed by atoms with Crippen LogP contribution >= 0.6 is 11.6 Å². The molecule has 1 aromatic heterocycles.